The molecule has 0 saturated heterocycles. The van der Waals surface area contributed by atoms with Gasteiger partial charge in [0.2, 0.25) is 0 Å². The second-order valence-corrected chi connectivity index (χ2v) is 17.5. The van der Waals surface area contributed by atoms with E-state index in [-0.39, 0.29) is 84.8 Å². The largest absolute Gasteiger partial charge is 0.506 e. The molecular weight excluding hydrogens is 1280 g/mol. The van der Waals surface area contributed by atoms with Crippen molar-refractivity contribution in [3.8, 4) is 23.0 Å². The number of ether oxygens (including phenoxy) is 3. The molecule has 30 heteroatoms. The fourth-order valence-corrected chi connectivity index (χ4v) is 7.13. The number of benzene rings is 8. The van der Waals surface area contributed by atoms with Crippen LogP contribution < -0.4 is 37.1 Å². The molecule has 8 aromatic carbocycles. The van der Waals surface area contributed by atoms with Gasteiger partial charge >= 0.3 is 5.97 Å². The van der Waals surface area contributed by atoms with Gasteiger partial charge in [0, 0.05) is 77.7 Å². The number of aliphatic carboxylic acids is 1. The Morgan fingerprint density at radius 3 is 1.32 bits per heavy atom. The third kappa shape index (κ3) is 25.3. The van der Waals surface area contributed by atoms with E-state index >= 15 is 0 Å². The first kappa shape index (κ1) is 75.9. The van der Waals surface area contributed by atoms with E-state index in [9.17, 15) is 59.7 Å². The first-order chi connectivity index (χ1) is 42.8. The number of aromatic hydroxyl groups is 1. The lowest BCUT2D eigenvalue weighted by Crippen LogP contribution is -2.03. The summed E-state index contributed by atoms with van der Waals surface area (Å²) in [6.45, 7) is -1.13. The van der Waals surface area contributed by atoms with Crippen molar-refractivity contribution in [2.24, 2.45) is 4.99 Å². The predicted octanol–water partition coefficient (Wildman–Crippen LogP) is 12.5. The summed E-state index contributed by atoms with van der Waals surface area (Å²) < 4.78 is 135. The summed E-state index contributed by atoms with van der Waals surface area (Å²) in [6, 6.07) is 31.7. The van der Waals surface area contributed by atoms with Crippen LogP contribution in [0.1, 0.15) is 36.6 Å². The molecule has 20 nitrogen and oxygen atoms in total. The van der Waals surface area contributed by atoms with Crippen molar-refractivity contribution in [3.05, 3.63) is 240 Å². The molecular formula is C60H61BrF9N7O13. The van der Waals surface area contributed by atoms with Gasteiger partial charge in [0.1, 0.15) is 102 Å². The minimum Gasteiger partial charge on any atom is -0.506 e. The van der Waals surface area contributed by atoms with E-state index in [1.165, 1.54) is 78.9 Å². The van der Waals surface area contributed by atoms with Crippen LogP contribution in [0.5, 0.6) is 23.0 Å². The van der Waals surface area contributed by atoms with Crippen molar-refractivity contribution in [2.45, 2.75) is 39.0 Å². The zero-order chi connectivity index (χ0) is 67.6. The Labute approximate surface area is 518 Å². The molecule has 0 radical (unpaired) electrons. The molecule has 1 aliphatic heterocycles. The molecule has 0 unspecified atom stereocenters. The van der Waals surface area contributed by atoms with E-state index in [2.05, 4.69) is 20.9 Å². The molecule has 9 rings (SSSR count). The van der Waals surface area contributed by atoms with E-state index in [0.717, 1.165) is 43.0 Å². The molecule has 0 saturated carbocycles. The number of nitro benzene ring substituents is 2. The minimum atomic E-state index is -1.19. The van der Waals surface area contributed by atoms with E-state index in [1.807, 2.05) is 12.1 Å². The summed E-state index contributed by atoms with van der Waals surface area (Å²) in [4.78, 5) is 33.0. The van der Waals surface area contributed by atoms with Crippen molar-refractivity contribution >= 4 is 67.4 Å². The normalized spacial score (nSPS) is 10.3. The van der Waals surface area contributed by atoms with Crippen LogP contribution in [0.25, 0.3) is 0 Å². The van der Waals surface area contributed by atoms with Crippen LogP contribution in [0.3, 0.4) is 0 Å². The highest BCUT2D eigenvalue weighted by Gasteiger charge is 2.19. The van der Waals surface area contributed by atoms with E-state index in [0.29, 0.717) is 51.6 Å². The zero-order valence-electron chi connectivity index (χ0n) is 47.4. The van der Waals surface area contributed by atoms with Gasteiger partial charge in [-0.05, 0) is 83.9 Å². The van der Waals surface area contributed by atoms with Crippen molar-refractivity contribution in [2.75, 3.05) is 50.4 Å². The Hall–Kier alpha value is -10.2. The van der Waals surface area contributed by atoms with Crippen molar-refractivity contribution in [1.29, 1.82) is 0 Å². The molecule has 0 spiro atoms. The van der Waals surface area contributed by atoms with Gasteiger partial charge < -0.3 is 62.7 Å². The number of aliphatic hydroxyl groups is 3. The molecule has 8 aromatic rings. The maximum absolute atomic E-state index is 13.6. The number of aliphatic imine (C=N–C) groups is 1. The highest BCUT2D eigenvalue weighted by molar-refractivity contribution is 9.08. The van der Waals surface area contributed by atoms with E-state index in [4.69, 9.17) is 68.8 Å². The first-order valence-electron chi connectivity index (χ1n) is 25.5. The number of nitrogens with two attached hydrogens (primary N) is 4. The van der Waals surface area contributed by atoms with Crippen LogP contribution in [0.2, 0.25) is 0 Å². The maximum atomic E-state index is 13.6. The molecule has 0 atom stereocenters. The number of halogens is 10. The molecule has 484 valence electrons. The highest BCUT2D eigenvalue weighted by Crippen LogP contribution is 2.37. The number of hydrogen-bond donors (Lipinski definition) is 9. The predicted molar refractivity (Wildman–Crippen MR) is 324 cm³/mol. The van der Waals surface area contributed by atoms with Crippen LogP contribution in [0.4, 0.5) is 79.3 Å². The third-order valence-corrected chi connectivity index (χ3v) is 11.6. The van der Waals surface area contributed by atoms with Crippen LogP contribution in [-0.4, -0.2) is 74.5 Å². The van der Waals surface area contributed by atoms with Gasteiger partial charge in [-0.2, -0.15) is 0 Å². The average molecular weight is 1340 g/mol. The molecule has 13 N–H and O–H groups in total. The number of aliphatic hydroxyl groups excluding tert-OH is 3. The number of nitrogen functional groups attached to an aromatic ring is 4. The van der Waals surface area contributed by atoms with E-state index in [1.54, 1.807) is 24.3 Å². The van der Waals surface area contributed by atoms with Crippen molar-refractivity contribution < 1.29 is 95.3 Å². The maximum Gasteiger partial charge on any atom is 0.329 e. The Balaban J connectivity index is 0.000000558. The Bertz CT molecular complexity index is 3680. The number of carbonyl (C=O) groups is 1. The van der Waals surface area contributed by atoms with Gasteiger partial charge in [-0.25, -0.2) is 39.9 Å². The standard InChI is InChI=1S/C16H13F2NO2.C13H10F2N2O3.C13H12F2N2O.C7H5BrF2.C6H6N2O3.C2H4O3.CH3F.CH4O.CH4/c17-12-5-4-11(14(18)7-12)9-21-15-3-1-2-10-6-13(8-20)19-16(10)15;14-9-5-4-8(10(15)6-9)7-20-12-3-1-2-11(13(12)16)17(18)19;14-9-5-4-8(10(15)6-9)7-18-12-3-1-2-11(16)13(12)17;8-4-5-1-2-6(9)3-7(5)10;7-6-4(8(10)11)2-1-3-5(6)9;3-1-2(4)5;2*1-2;/h1-5,7,20H,6,8-9H2;1-6H,7,16H2;1-6H,7,16-17H2;1-3H,4H2;1-3,9H,7H2;3H,1H2,(H,4,5);1H3;2H,1H3;1H4/i;;;;;;1D;;. The summed E-state index contributed by atoms with van der Waals surface area (Å²) in [5, 5.41) is 61.4. The monoisotopic (exact) mass is 1340 g/mol. The number of carboxylic acid groups (broad SMARTS) is 1. The molecule has 0 fully saturated rings. The Morgan fingerprint density at radius 1 is 0.589 bits per heavy atom. The number of hydrogen-bond acceptors (Lipinski definition) is 17. The lowest BCUT2D eigenvalue weighted by molar-refractivity contribution is -0.384. The fourth-order valence-electron chi connectivity index (χ4n) is 6.68. The SMILES string of the molecule is C.CO.Fc1ccc(CBr)c(F)c1.Nc1c(O)cccc1[N+](=O)[O-].Nc1c(OCc2ccc(F)cc2F)cccc1[N+](=O)[O-].Nc1cccc(OCc2ccc(F)cc2F)c1N.O=C(O)CO.OCC1=Nc2c(cccc2OCc2ccc(F)cc2F)C1.[2H]CF. The van der Waals surface area contributed by atoms with Crippen LogP contribution in [0.15, 0.2) is 151 Å². The second kappa shape index (κ2) is 40.3. The highest BCUT2D eigenvalue weighted by atomic mass is 79.9. The van der Waals surface area contributed by atoms with Crippen molar-refractivity contribution in [1.82, 2.24) is 0 Å². The van der Waals surface area contributed by atoms with Gasteiger partial charge in [0.05, 0.1) is 36.4 Å². The van der Waals surface area contributed by atoms with E-state index < -0.39 is 76.1 Å². The first-order valence-corrected chi connectivity index (χ1v) is 25.9. The Morgan fingerprint density at radius 2 is 0.944 bits per heavy atom. The van der Waals surface area contributed by atoms with Crippen LogP contribution in [-0.2, 0) is 36.4 Å². The number of carboxylic acids is 1. The quantitative estimate of drug-likeness (QED) is 0.0122. The molecule has 0 aliphatic carbocycles. The average Bonchev–Trinajstić information content (AvgIpc) is 2.11. The number of para-hydroxylation sites is 4. The molecule has 1 heterocycles. The summed E-state index contributed by atoms with van der Waals surface area (Å²) in [7, 11) is 0. The van der Waals surface area contributed by atoms with Gasteiger partial charge in [-0.1, -0.05) is 59.8 Å². The lowest BCUT2D eigenvalue weighted by Gasteiger charge is -2.10. The van der Waals surface area contributed by atoms with Crippen LogP contribution in [0, 0.1) is 66.8 Å². The number of phenolic OH excluding ortho intramolecular Hbond substituents is 1. The third-order valence-electron chi connectivity index (χ3n) is 11.0. The fraction of sp³-hybridized carbons (Fsp3) is 0.167. The number of nitro groups is 2. The lowest BCUT2D eigenvalue weighted by atomic mass is 10.1. The summed E-state index contributed by atoms with van der Waals surface area (Å²) in [6.07, 6.45) is 0.591. The second-order valence-electron chi connectivity index (χ2n) is 16.9. The minimum absolute atomic E-state index is 0. The molecule has 0 amide bonds. The van der Waals surface area contributed by atoms with Gasteiger partial charge in [-0.15, -0.1) is 0 Å². The molecule has 0 bridgehead atoms. The zero-order valence-corrected chi connectivity index (χ0v) is 48.0. The number of rotatable bonds is 14. The summed E-state index contributed by atoms with van der Waals surface area (Å²) >= 11 is 3.07. The van der Waals surface area contributed by atoms with Crippen LogP contribution >= 0.6 is 15.9 Å². The van der Waals surface area contributed by atoms with Gasteiger partial charge in [0.25, 0.3) is 11.4 Å². The number of alkyl halides is 2. The number of fused-ring (bicyclic) bond motifs is 1. The smallest absolute Gasteiger partial charge is 0.329 e. The van der Waals surface area contributed by atoms with Gasteiger partial charge in [0.15, 0.2) is 11.4 Å². The summed E-state index contributed by atoms with van der Waals surface area (Å²) in [5.41, 5.74) is 25.3. The molecule has 90 heavy (non-hydrogen) atoms. The van der Waals surface area contributed by atoms with Crippen molar-refractivity contribution in [3.63, 3.8) is 0 Å². The molecule has 1 aliphatic rings. The number of anilines is 4. The molecule has 0 aromatic heterocycles. The number of nitrogens with zero attached hydrogens (tertiary/aromatic N) is 3. The summed E-state index contributed by atoms with van der Waals surface area (Å²) in [5.74, 6) is -5.51. The number of phenols is 1. The Kier molecular flexibility index (Phi) is 34.0. The van der Waals surface area contributed by atoms with Gasteiger partial charge in [-0.3, -0.25) is 29.6 Å². The topological polar surface area (TPSA) is 349 Å².